The zero-order valence-electron chi connectivity index (χ0n) is 17.4. The van der Waals surface area contributed by atoms with Gasteiger partial charge in [0.15, 0.2) is 0 Å². The van der Waals surface area contributed by atoms with Gasteiger partial charge in [-0.2, -0.15) is 13.2 Å². The maximum absolute atomic E-state index is 13.3. The Kier molecular flexibility index (Phi) is 7.16. The number of hydrogen-bond donors (Lipinski definition) is 1. The monoisotopic (exact) mass is 438 g/mol. The highest BCUT2D eigenvalue weighted by molar-refractivity contribution is 5.78. The third kappa shape index (κ3) is 5.67. The molecule has 3 rings (SSSR count). The van der Waals surface area contributed by atoms with Gasteiger partial charge in [-0.25, -0.2) is 4.98 Å². The van der Waals surface area contributed by atoms with E-state index >= 15 is 0 Å². The maximum atomic E-state index is 13.3. The molecule has 1 N–H and O–H groups in total. The molecule has 1 amide bonds. The molecule has 4 nitrogen and oxygen atoms in total. The maximum Gasteiger partial charge on any atom is 0.416 e. The van der Waals surface area contributed by atoms with Gasteiger partial charge in [0.1, 0.15) is 0 Å². The van der Waals surface area contributed by atoms with Gasteiger partial charge < -0.3 is 10.1 Å². The number of aryl methyl sites for hydroxylation is 1. The van der Waals surface area contributed by atoms with E-state index in [0.717, 1.165) is 17.7 Å². The third-order valence-corrected chi connectivity index (χ3v) is 4.89. The van der Waals surface area contributed by atoms with Gasteiger partial charge in [-0.3, -0.25) is 4.79 Å². The lowest BCUT2D eigenvalue weighted by atomic mass is 9.94. The van der Waals surface area contributed by atoms with Crippen LogP contribution in [0, 0.1) is 12.3 Å². The molecule has 0 aliphatic heterocycles. The van der Waals surface area contributed by atoms with Crippen LogP contribution in [-0.4, -0.2) is 18.0 Å². The summed E-state index contributed by atoms with van der Waals surface area (Å²) in [6, 6.07) is 14.4. The van der Waals surface area contributed by atoms with Gasteiger partial charge in [0, 0.05) is 30.3 Å². The normalized spacial score (nSPS) is 11.0. The smallest absolute Gasteiger partial charge is 0.416 e. The van der Waals surface area contributed by atoms with E-state index in [4.69, 9.17) is 11.2 Å². The molecule has 0 fully saturated rings. The zero-order valence-corrected chi connectivity index (χ0v) is 17.4. The van der Waals surface area contributed by atoms with Crippen LogP contribution in [0.3, 0.4) is 0 Å². The third-order valence-electron chi connectivity index (χ3n) is 4.89. The highest BCUT2D eigenvalue weighted by Crippen LogP contribution is 2.36. The second kappa shape index (κ2) is 10.0. The van der Waals surface area contributed by atoms with Crippen LogP contribution in [0.5, 0.6) is 5.88 Å². The number of rotatable bonds is 7. The van der Waals surface area contributed by atoms with E-state index in [1.807, 2.05) is 30.3 Å². The number of nitrogens with one attached hydrogen (secondary N) is 1. The van der Waals surface area contributed by atoms with E-state index in [2.05, 4.69) is 16.2 Å². The fourth-order valence-electron chi connectivity index (χ4n) is 3.26. The van der Waals surface area contributed by atoms with Gasteiger partial charge in [-0.15, -0.1) is 6.42 Å². The fourth-order valence-corrected chi connectivity index (χ4v) is 3.26. The minimum absolute atomic E-state index is 0.0196. The molecule has 7 heteroatoms. The Hall–Kier alpha value is -3.79. The molecule has 0 aliphatic carbocycles. The van der Waals surface area contributed by atoms with Gasteiger partial charge in [0.25, 0.3) is 0 Å². The summed E-state index contributed by atoms with van der Waals surface area (Å²) in [7, 11) is 1.42. The number of aromatic nitrogens is 1. The van der Waals surface area contributed by atoms with E-state index in [0.29, 0.717) is 28.8 Å². The first-order chi connectivity index (χ1) is 15.3. The first-order valence-corrected chi connectivity index (χ1v) is 9.83. The number of terminal acetylenes is 1. The van der Waals surface area contributed by atoms with Crippen molar-refractivity contribution < 1.29 is 22.7 Å². The second-order valence-electron chi connectivity index (χ2n) is 7.06. The van der Waals surface area contributed by atoms with Crippen molar-refractivity contribution in [1.82, 2.24) is 10.3 Å². The van der Waals surface area contributed by atoms with Crippen molar-refractivity contribution in [2.24, 2.45) is 0 Å². The molecule has 0 radical (unpaired) electrons. The Bertz CT molecular complexity index is 1140. The van der Waals surface area contributed by atoms with E-state index in [9.17, 15) is 18.0 Å². The molecule has 0 spiro atoms. The molecule has 0 saturated carbocycles. The molecule has 164 valence electrons. The van der Waals surface area contributed by atoms with Crippen molar-refractivity contribution in [3.63, 3.8) is 0 Å². The van der Waals surface area contributed by atoms with Gasteiger partial charge >= 0.3 is 6.18 Å². The predicted molar refractivity (Wildman–Crippen MR) is 116 cm³/mol. The van der Waals surface area contributed by atoms with Crippen LogP contribution in [0.4, 0.5) is 13.2 Å². The number of benzene rings is 2. The molecule has 0 atom stereocenters. The van der Waals surface area contributed by atoms with Crippen LogP contribution in [0.15, 0.2) is 60.8 Å². The predicted octanol–water partition coefficient (Wildman–Crippen LogP) is 5.01. The van der Waals surface area contributed by atoms with Gasteiger partial charge in [0.05, 0.1) is 12.7 Å². The summed E-state index contributed by atoms with van der Waals surface area (Å²) in [5, 5.41) is 2.79. The Balaban J connectivity index is 1.88. The minimum Gasteiger partial charge on any atom is -0.481 e. The molecule has 1 aromatic heterocycles. The summed E-state index contributed by atoms with van der Waals surface area (Å²) in [6.45, 7) is 0.344. The van der Waals surface area contributed by atoms with Crippen LogP contribution < -0.4 is 10.1 Å². The molecule has 0 aliphatic rings. The van der Waals surface area contributed by atoms with Crippen molar-refractivity contribution in [3.05, 3.63) is 83.0 Å². The number of hydrogen-bond acceptors (Lipinski definition) is 3. The Labute approximate surface area is 184 Å². The van der Waals surface area contributed by atoms with Crippen molar-refractivity contribution >= 4 is 5.91 Å². The number of amides is 1. The molecule has 0 unspecified atom stereocenters. The lowest BCUT2D eigenvalue weighted by molar-refractivity contribution is -0.137. The van der Waals surface area contributed by atoms with Gasteiger partial charge in [0.2, 0.25) is 11.8 Å². The topological polar surface area (TPSA) is 51.2 Å². The standard InChI is InChI=1S/C25H21F3N2O2/c1-3-17-13-22(24(32-2)30-15-17)21-11-10-20(25(26,27)28)14-19(21)9-12-23(31)29-16-18-7-5-4-6-8-18/h1,4-8,10-11,13-15H,9,12,16H2,2H3,(H,29,31). The molecule has 32 heavy (non-hydrogen) atoms. The molecule has 2 aromatic carbocycles. The quantitative estimate of drug-likeness (QED) is 0.528. The fraction of sp³-hybridized carbons (Fsp3) is 0.200. The first-order valence-electron chi connectivity index (χ1n) is 9.83. The molecular weight excluding hydrogens is 417 g/mol. The molecule has 0 bridgehead atoms. The van der Waals surface area contributed by atoms with Crippen molar-refractivity contribution in [3.8, 4) is 29.4 Å². The number of nitrogens with zero attached hydrogens (tertiary/aromatic N) is 1. The average Bonchev–Trinajstić information content (AvgIpc) is 2.80. The summed E-state index contributed by atoms with van der Waals surface area (Å²) in [6.07, 6.45) is 2.51. The van der Waals surface area contributed by atoms with Crippen molar-refractivity contribution in [1.29, 1.82) is 0 Å². The van der Waals surface area contributed by atoms with E-state index < -0.39 is 11.7 Å². The number of carbonyl (C=O) groups is 1. The van der Waals surface area contributed by atoms with E-state index in [1.165, 1.54) is 19.4 Å². The Morgan fingerprint density at radius 1 is 1.12 bits per heavy atom. The lowest BCUT2D eigenvalue weighted by Crippen LogP contribution is -2.23. The van der Waals surface area contributed by atoms with Gasteiger partial charge in [-0.05, 0) is 41.3 Å². The summed E-state index contributed by atoms with van der Waals surface area (Å²) in [4.78, 5) is 16.5. The highest BCUT2D eigenvalue weighted by Gasteiger charge is 2.31. The number of alkyl halides is 3. The Morgan fingerprint density at radius 3 is 2.53 bits per heavy atom. The average molecular weight is 438 g/mol. The first kappa shape index (κ1) is 22.9. The zero-order chi connectivity index (χ0) is 23.1. The summed E-state index contributed by atoms with van der Waals surface area (Å²) < 4.78 is 45.3. The molecular formula is C25H21F3N2O2. The second-order valence-corrected chi connectivity index (χ2v) is 7.06. The van der Waals surface area contributed by atoms with Crippen LogP contribution in [0.2, 0.25) is 0 Å². The number of ether oxygens (including phenoxy) is 1. The molecule has 3 aromatic rings. The minimum atomic E-state index is -4.51. The van der Waals surface area contributed by atoms with Crippen LogP contribution in [-0.2, 0) is 23.9 Å². The number of pyridine rings is 1. The largest absolute Gasteiger partial charge is 0.481 e. The lowest BCUT2D eigenvalue weighted by Gasteiger charge is -2.16. The Morgan fingerprint density at radius 2 is 1.88 bits per heavy atom. The van der Waals surface area contributed by atoms with Crippen molar-refractivity contribution in [2.45, 2.75) is 25.6 Å². The summed E-state index contributed by atoms with van der Waals surface area (Å²) in [5.41, 5.74) is 1.91. The van der Waals surface area contributed by atoms with Gasteiger partial charge in [-0.1, -0.05) is 42.3 Å². The van der Waals surface area contributed by atoms with E-state index in [1.54, 1.807) is 6.07 Å². The number of carbonyl (C=O) groups excluding carboxylic acids is 1. The number of halogens is 3. The molecule has 1 heterocycles. The summed E-state index contributed by atoms with van der Waals surface area (Å²) >= 11 is 0. The SMILES string of the molecule is C#Cc1cnc(OC)c(-c2ccc(C(F)(F)F)cc2CCC(=O)NCc2ccccc2)c1. The highest BCUT2D eigenvalue weighted by atomic mass is 19.4. The van der Waals surface area contributed by atoms with Crippen LogP contribution in [0.1, 0.15) is 28.7 Å². The van der Waals surface area contributed by atoms with Crippen LogP contribution >= 0.6 is 0 Å². The van der Waals surface area contributed by atoms with Crippen molar-refractivity contribution in [2.75, 3.05) is 7.11 Å². The van der Waals surface area contributed by atoms with Crippen LogP contribution in [0.25, 0.3) is 11.1 Å². The molecule has 0 saturated heterocycles. The summed E-state index contributed by atoms with van der Waals surface area (Å²) in [5.74, 6) is 2.43. The number of methoxy groups -OCH3 is 1. The van der Waals surface area contributed by atoms with E-state index in [-0.39, 0.29) is 24.6 Å².